The Morgan fingerprint density at radius 1 is 0.745 bits per heavy atom. The molecule has 0 spiro atoms. The van der Waals surface area contributed by atoms with Crippen molar-refractivity contribution in [1.29, 1.82) is 0 Å². The molecule has 0 radical (unpaired) electrons. The average Bonchev–Trinajstić information content (AvgIpc) is 3.08. The van der Waals surface area contributed by atoms with E-state index in [-0.39, 0.29) is 74.1 Å². The molecule has 51 heavy (non-hydrogen) atoms. The number of benzene rings is 1. The van der Waals surface area contributed by atoms with Gasteiger partial charge in [0.15, 0.2) is 0 Å². The minimum absolute atomic E-state index is 0.0130. The van der Waals surface area contributed by atoms with Crippen LogP contribution in [0.2, 0.25) is 0 Å². The molecule has 288 valence electrons. The van der Waals surface area contributed by atoms with E-state index >= 15 is 0 Å². The second kappa shape index (κ2) is 25.9. The van der Waals surface area contributed by atoms with Crippen molar-refractivity contribution >= 4 is 41.1 Å². The molecule has 0 aliphatic heterocycles. The summed E-state index contributed by atoms with van der Waals surface area (Å²) >= 11 is 0. The van der Waals surface area contributed by atoms with Crippen LogP contribution in [0, 0.1) is 11.8 Å². The number of nitrogens with one attached hydrogen (secondary N) is 4. The van der Waals surface area contributed by atoms with Crippen LogP contribution in [0.25, 0.3) is 0 Å². The van der Waals surface area contributed by atoms with Gasteiger partial charge in [-0.2, -0.15) is 0 Å². The zero-order valence-electron chi connectivity index (χ0n) is 30.8. The van der Waals surface area contributed by atoms with Crippen molar-refractivity contribution in [3.63, 3.8) is 0 Å². The van der Waals surface area contributed by atoms with Crippen LogP contribution >= 0.6 is 0 Å². The number of nitrogens with two attached hydrogens (primary N) is 1. The summed E-state index contributed by atoms with van der Waals surface area (Å²) in [5, 5.41) is 10.6. The second-order valence-electron chi connectivity index (χ2n) is 12.3. The van der Waals surface area contributed by atoms with Crippen molar-refractivity contribution in [3.8, 4) is 0 Å². The van der Waals surface area contributed by atoms with E-state index in [2.05, 4.69) is 21.3 Å². The lowest BCUT2D eigenvalue weighted by Gasteiger charge is -2.24. The summed E-state index contributed by atoms with van der Waals surface area (Å²) in [6.45, 7) is 13.0. The lowest BCUT2D eigenvalue weighted by atomic mass is 10.0. The number of carbonyl (C=O) groups is 6. The first-order valence-corrected chi connectivity index (χ1v) is 17.3. The van der Waals surface area contributed by atoms with Gasteiger partial charge in [-0.05, 0) is 25.0 Å². The smallest absolute Gasteiger partial charge is 0.302 e. The molecule has 0 unspecified atom stereocenters. The molecule has 16 nitrogen and oxygen atoms in total. The van der Waals surface area contributed by atoms with Gasteiger partial charge in [0.2, 0.25) is 17.7 Å². The fourth-order valence-corrected chi connectivity index (χ4v) is 4.24. The number of Topliss-reactive ketones (excluding diaryl/α,β-unsaturated/α-hetero) is 1. The summed E-state index contributed by atoms with van der Waals surface area (Å²) in [6, 6.07) is 2.65. The first kappa shape index (κ1) is 45.1. The van der Waals surface area contributed by atoms with Crippen LogP contribution in [0.3, 0.4) is 0 Å². The van der Waals surface area contributed by atoms with Gasteiger partial charge in [0.1, 0.15) is 24.5 Å². The molecule has 4 amide bonds. The molecule has 1 aromatic carbocycles. The molecule has 0 saturated heterocycles. The highest BCUT2D eigenvalue weighted by molar-refractivity contribution is 6.01. The minimum Gasteiger partial charge on any atom is -0.461 e. The van der Waals surface area contributed by atoms with Gasteiger partial charge < -0.3 is 50.7 Å². The predicted molar refractivity (Wildman–Crippen MR) is 189 cm³/mol. The Hall–Kier alpha value is -3.96. The largest absolute Gasteiger partial charge is 0.461 e. The van der Waals surface area contributed by atoms with Gasteiger partial charge in [0.05, 0.1) is 52.9 Å². The number of ketones is 1. The Kier molecular flexibility index (Phi) is 22.9. The normalized spacial score (nSPS) is 12.3. The summed E-state index contributed by atoms with van der Waals surface area (Å²) in [4.78, 5) is 74.1. The molecular formula is C35H57N5O11. The predicted octanol–water partition coefficient (Wildman–Crippen LogP) is 1.09. The zero-order chi connectivity index (χ0) is 38.2. The number of hydrogen-bond acceptors (Lipinski definition) is 12. The van der Waals surface area contributed by atoms with Gasteiger partial charge in [-0.1, -0.05) is 33.8 Å². The van der Waals surface area contributed by atoms with Crippen LogP contribution < -0.4 is 27.0 Å². The lowest BCUT2D eigenvalue weighted by Crippen LogP contribution is -2.53. The standard InChI is InChI=1S/C35H57N5O11/c1-23(2)30(42)9-13-47-15-17-49-19-20-50-18-16-48-14-10-31(43)40-32(24(3)4)35(46)38-25(5)33(44)39-28-8-7-27(22-51-26(6)41)29(21-28)34(45)37-12-11-36/h7-8,21,23-25,32H,9-20,22,36H2,1-6H3,(H,37,45)(H,38,46)(H,39,44)(H,40,43)/t25-,32-/m0/s1. The molecule has 1 aromatic rings. The van der Waals surface area contributed by atoms with Gasteiger partial charge in [-0.3, -0.25) is 28.8 Å². The molecule has 0 aliphatic carbocycles. The Bertz CT molecular complexity index is 1260. The maximum atomic E-state index is 13.1. The monoisotopic (exact) mass is 723 g/mol. The fraction of sp³-hybridized carbons (Fsp3) is 0.657. The van der Waals surface area contributed by atoms with E-state index in [1.54, 1.807) is 26.0 Å². The van der Waals surface area contributed by atoms with E-state index in [4.69, 9.17) is 29.4 Å². The van der Waals surface area contributed by atoms with Crippen LogP contribution in [0.1, 0.15) is 70.3 Å². The maximum absolute atomic E-state index is 13.1. The van der Waals surface area contributed by atoms with Gasteiger partial charge in [-0.25, -0.2) is 0 Å². The van der Waals surface area contributed by atoms with E-state index in [0.29, 0.717) is 51.6 Å². The lowest BCUT2D eigenvalue weighted by molar-refractivity contribution is -0.142. The highest BCUT2D eigenvalue weighted by Crippen LogP contribution is 2.18. The highest BCUT2D eigenvalue weighted by Gasteiger charge is 2.27. The van der Waals surface area contributed by atoms with Gasteiger partial charge in [0, 0.05) is 55.6 Å². The Morgan fingerprint density at radius 2 is 1.31 bits per heavy atom. The van der Waals surface area contributed by atoms with Crippen molar-refractivity contribution in [2.24, 2.45) is 17.6 Å². The van der Waals surface area contributed by atoms with E-state index in [1.165, 1.54) is 19.9 Å². The molecule has 0 aromatic heterocycles. The third kappa shape index (κ3) is 19.9. The van der Waals surface area contributed by atoms with Crippen LogP contribution in [0.5, 0.6) is 0 Å². The van der Waals surface area contributed by atoms with Crippen LogP contribution in [0.15, 0.2) is 18.2 Å². The molecule has 0 heterocycles. The number of hydrogen-bond donors (Lipinski definition) is 5. The minimum atomic E-state index is -0.987. The van der Waals surface area contributed by atoms with Gasteiger partial charge >= 0.3 is 5.97 Å². The number of rotatable bonds is 27. The summed E-state index contributed by atoms with van der Waals surface area (Å²) in [7, 11) is 0. The Morgan fingerprint density at radius 3 is 1.84 bits per heavy atom. The van der Waals surface area contributed by atoms with E-state index in [1.807, 2.05) is 13.8 Å². The molecule has 0 saturated carbocycles. The van der Waals surface area contributed by atoms with Crippen LogP contribution in [0.4, 0.5) is 5.69 Å². The Labute approximate surface area is 300 Å². The number of amides is 4. The van der Waals surface area contributed by atoms with Crippen molar-refractivity contribution in [2.45, 2.75) is 73.1 Å². The summed E-state index contributed by atoms with van der Waals surface area (Å²) in [5.41, 5.74) is 6.39. The Balaban J connectivity index is 2.42. The molecular weight excluding hydrogens is 666 g/mol. The molecule has 6 N–H and O–H groups in total. The first-order chi connectivity index (χ1) is 24.3. The van der Waals surface area contributed by atoms with Crippen LogP contribution in [-0.2, 0) is 54.3 Å². The third-order valence-electron chi connectivity index (χ3n) is 7.23. The van der Waals surface area contributed by atoms with E-state index in [0.717, 1.165) is 0 Å². The molecule has 0 bridgehead atoms. The average molecular weight is 724 g/mol. The molecule has 1 rings (SSSR count). The van der Waals surface area contributed by atoms with Crippen molar-refractivity contribution < 1.29 is 52.5 Å². The summed E-state index contributed by atoms with van der Waals surface area (Å²) < 4.78 is 26.7. The number of carbonyl (C=O) groups excluding carboxylic acids is 6. The summed E-state index contributed by atoms with van der Waals surface area (Å²) in [6.07, 6.45) is 0.422. The molecule has 0 fully saturated rings. The van der Waals surface area contributed by atoms with E-state index < -0.39 is 35.8 Å². The second-order valence-corrected chi connectivity index (χ2v) is 12.3. The zero-order valence-corrected chi connectivity index (χ0v) is 30.8. The topological polar surface area (TPSA) is 223 Å². The van der Waals surface area contributed by atoms with Crippen molar-refractivity contribution in [1.82, 2.24) is 16.0 Å². The quantitative estimate of drug-likeness (QED) is 0.0636. The van der Waals surface area contributed by atoms with Crippen molar-refractivity contribution in [3.05, 3.63) is 29.3 Å². The highest BCUT2D eigenvalue weighted by atomic mass is 16.6. The third-order valence-corrected chi connectivity index (χ3v) is 7.23. The number of ether oxygens (including phenoxy) is 5. The number of esters is 1. The number of anilines is 1. The van der Waals surface area contributed by atoms with Gasteiger partial charge in [-0.15, -0.1) is 0 Å². The van der Waals surface area contributed by atoms with E-state index in [9.17, 15) is 28.8 Å². The van der Waals surface area contributed by atoms with Crippen molar-refractivity contribution in [2.75, 3.05) is 71.3 Å². The molecule has 2 atom stereocenters. The first-order valence-electron chi connectivity index (χ1n) is 17.3. The fourth-order valence-electron chi connectivity index (χ4n) is 4.24. The maximum Gasteiger partial charge on any atom is 0.302 e. The summed E-state index contributed by atoms with van der Waals surface area (Å²) in [5.74, 6) is -2.54. The molecule has 16 heteroatoms. The van der Waals surface area contributed by atoms with Crippen LogP contribution in [-0.4, -0.2) is 113 Å². The van der Waals surface area contributed by atoms with Gasteiger partial charge in [0.25, 0.3) is 5.91 Å². The molecule has 0 aliphatic rings. The SMILES string of the molecule is CC(=O)OCc1ccc(NC(=O)[C@H](C)NC(=O)[C@@H](NC(=O)CCOCCOCCOCCOCCC(=O)C(C)C)C(C)C)cc1C(=O)NCCN.